The molecule has 0 bridgehead atoms. The largest absolute Gasteiger partial charge is 0.497 e. The first-order chi connectivity index (χ1) is 13.2. The number of amides is 1. The molecule has 1 N–H and O–H groups in total. The van der Waals surface area contributed by atoms with E-state index < -0.39 is 0 Å². The number of nitrogens with zero attached hydrogens (tertiary/aromatic N) is 2. The fraction of sp³-hybridized carbons (Fsp3) is 0.273. The Hall–Kier alpha value is -3.08. The lowest BCUT2D eigenvalue weighted by Gasteiger charge is -2.37. The molecule has 0 radical (unpaired) electrons. The summed E-state index contributed by atoms with van der Waals surface area (Å²) in [6, 6.07) is 16.5. The Morgan fingerprint density at radius 3 is 2.81 bits per heavy atom. The number of hydrogen-bond donors (Lipinski definition) is 1. The van der Waals surface area contributed by atoms with Gasteiger partial charge in [-0.25, -0.2) is 4.98 Å². The molecule has 0 spiro atoms. The summed E-state index contributed by atoms with van der Waals surface area (Å²) in [5, 5.41) is 0. The zero-order chi connectivity index (χ0) is 18.6. The molecular weight excluding hydrogens is 338 g/mol. The van der Waals surface area contributed by atoms with Crippen LogP contribution >= 0.6 is 0 Å². The molecule has 0 aliphatic carbocycles. The summed E-state index contributed by atoms with van der Waals surface area (Å²) < 4.78 is 5.37. The fourth-order valence-electron chi connectivity index (χ4n) is 3.73. The van der Waals surface area contributed by atoms with E-state index in [-0.39, 0.29) is 11.9 Å². The first kappa shape index (κ1) is 17.3. The average Bonchev–Trinajstić information content (AvgIpc) is 3.25. The number of ether oxygens (including phenoxy) is 1. The molecule has 0 fully saturated rings. The molecule has 3 aromatic rings. The van der Waals surface area contributed by atoms with Crippen molar-refractivity contribution in [2.45, 2.75) is 31.8 Å². The maximum Gasteiger partial charge on any atom is 0.223 e. The van der Waals surface area contributed by atoms with Crippen molar-refractivity contribution in [1.29, 1.82) is 0 Å². The Morgan fingerprint density at radius 2 is 2.07 bits per heavy atom. The Morgan fingerprint density at radius 1 is 1.22 bits per heavy atom. The third kappa shape index (κ3) is 3.72. The van der Waals surface area contributed by atoms with Crippen LogP contribution in [-0.4, -0.2) is 27.9 Å². The third-order valence-electron chi connectivity index (χ3n) is 5.21. The van der Waals surface area contributed by atoms with E-state index in [1.165, 1.54) is 11.1 Å². The van der Waals surface area contributed by atoms with Crippen molar-refractivity contribution in [2.75, 3.05) is 7.11 Å². The number of aromatic amines is 1. The van der Waals surface area contributed by atoms with Crippen molar-refractivity contribution < 1.29 is 9.53 Å². The first-order valence-corrected chi connectivity index (χ1v) is 9.22. The summed E-state index contributed by atoms with van der Waals surface area (Å²) in [6.07, 6.45) is 5.38. The Balaban J connectivity index is 1.61. The number of carbonyl (C=O) groups excluding carboxylic acids is 1. The van der Waals surface area contributed by atoms with Gasteiger partial charge in [-0.05, 0) is 41.7 Å². The highest BCUT2D eigenvalue weighted by atomic mass is 16.5. The molecule has 2 aromatic carbocycles. The van der Waals surface area contributed by atoms with Crippen LogP contribution in [0.25, 0.3) is 0 Å². The lowest BCUT2D eigenvalue weighted by atomic mass is 9.89. The van der Waals surface area contributed by atoms with Crippen LogP contribution in [0.2, 0.25) is 0 Å². The minimum absolute atomic E-state index is 0.0568. The minimum atomic E-state index is 0.0568. The van der Waals surface area contributed by atoms with Crippen LogP contribution < -0.4 is 4.74 Å². The van der Waals surface area contributed by atoms with Crippen molar-refractivity contribution in [1.82, 2.24) is 14.9 Å². The maximum atomic E-state index is 13.1. The van der Waals surface area contributed by atoms with Crippen molar-refractivity contribution >= 4 is 5.91 Å². The molecular formula is C22H23N3O2. The predicted molar refractivity (Wildman–Crippen MR) is 103 cm³/mol. The van der Waals surface area contributed by atoms with Crippen LogP contribution in [0.1, 0.15) is 34.8 Å². The number of methoxy groups -OCH3 is 1. The van der Waals surface area contributed by atoms with Crippen LogP contribution in [0.3, 0.4) is 0 Å². The number of benzene rings is 2. The van der Waals surface area contributed by atoms with Gasteiger partial charge in [0.2, 0.25) is 5.91 Å². The average molecular weight is 361 g/mol. The second-order valence-electron chi connectivity index (χ2n) is 6.86. The van der Waals surface area contributed by atoms with Gasteiger partial charge in [0, 0.05) is 24.9 Å². The monoisotopic (exact) mass is 361 g/mol. The molecule has 1 atom stereocenters. The highest BCUT2D eigenvalue weighted by Crippen LogP contribution is 2.35. The van der Waals surface area contributed by atoms with Gasteiger partial charge in [0.1, 0.15) is 5.75 Å². The lowest BCUT2D eigenvalue weighted by molar-refractivity contribution is -0.134. The highest BCUT2D eigenvalue weighted by molar-refractivity contribution is 5.77. The number of carbonyl (C=O) groups is 1. The molecule has 1 aliphatic rings. The van der Waals surface area contributed by atoms with Gasteiger partial charge in [-0.3, -0.25) is 4.79 Å². The molecule has 4 rings (SSSR count). The van der Waals surface area contributed by atoms with E-state index in [0.717, 1.165) is 23.4 Å². The molecule has 138 valence electrons. The van der Waals surface area contributed by atoms with E-state index in [2.05, 4.69) is 28.2 Å². The van der Waals surface area contributed by atoms with E-state index in [1.54, 1.807) is 19.6 Å². The zero-order valence-electron chi connectivity index (χ0n) is 15.4. The molecule has 2 heterocycles. The molecule has 27 heavy (non-hydrogen) atoms. The van der Waals surface area contributed by atoms with Gasteiger partial charge in [0.15, 0.2) is 0 Å². The Bertz CT molecular complexity index is 907. The summed E-state index contributed by atoms with van der Waals surface area (Å²) >= 11 is 0. The van der Waals surface area contributed by atoms with Crippen molar-refractivity contribution in [3.63, 3.8) is 0 Å². The van der Waals surface area contributed by atoms with Gasteiger partial charge < -0.3 is 14.6 Å². The summed E-state index contributed by atoms with van der Waals surface area (Å²) in [7, 11) is 1.67. The summed E-state index contributed by atoms with van der Waals surface area (Å²) in [4.78, 5) is 22.2. The molecule has 5 heteroatoms. The minimum Gasteiger partial charge on any atom is -0.497 e. The molecule has 1 aromatic heterocycles. The number of fused-ring (bicyclic) bond motifs is 1. The Labute approximate surface area is 159 Å². The maximum absolute atomic E-state index is 13.1. The van der Waals surface area contributed by atoms with E-state index in [0.29, 0.717) is 19.4 Å². The first-order valence-electron chi connectivity index (χ1n) is 9.22. The second kappa shape index (κ2) is 7.66. The number of H-pyrrole nitrogens is 1. The number of aryl methyl sites for hydroxylation is 1. The Kier molecular flexibility index (Phi) is 4.92. The molecule has 0 saturated carbocycles. The molecule has 1 aliphatic heterocycles. The molecule has 5 nitrogen and oxygen atoms in total. The topological polar surface area (TPSA) is 58.2 Å². The van der Waals surface area contributed by atoms with Crippen LogP contribution in [0, 0.1) is 0 Å². The highest BCUT2D eigenvalue weighted by Gasteiger charge is 2.30. The van der Waals surface area contributed by atoms with Crippen LogP contribution in [0.4, 0.5) is 0 Å². The quantitative estimate of drug-likeness (QED) is 0.754. The summed E-state index contributed by atoms with van der Waals surface area (Å²) in [5.41, 5.74) is 4.60. The predicted octanol–water partition coefficient (Wildman–Crippen LogP) is 3.68. The lowest BCUT2D eigenvalue weighted by Crippen LogP contribution is -2.39. The summed E-state index contributed by atoms with van der Waals surface area (Å²) in [6.45, 7) is 0.605. The second-order valence-corrected chi connectivity index (χ2v) is 6.86. The van der Waals surface area contributed by atoms with Crippen molar-refractivity contribution in [3.05, 3.63) is 83.4 Å². The number of imidazole rings is 1. The van der Waals surface area contributed by atoms with E-state index in [9.17, 15) is 4.79 Å². The van der Waals surface area contributed by atoms with Gasteiger partial charge >= 0.3 is 0 Å². The number of nitrogens with one attached hydrogen (secondary N) is 1. The van der Waals surface area contributed by atoms with Gasteiger partial charge in [-0.2, -0.15) is 0 Å². The van der Waals surface area contributed by atoms with Gasteiger partial charge in [-0.15, -0.1) is 0 Å². The zero-order valence-corrected chi connectivity index (χ0v) is 15.4. The standard InChI is InChI=1S/C22H23N3O2/c1-27-20-9-7-17-12-21(16-5-3-2-4-6-16)25(14-18(17)11-20)22(26)10-8-19-13-23-15-24-19/h2-7,9,11,13,15,21H,8,10,12,14H2,1H3,(H,23,24). The smallest absolute Gasteiger partial charge is 0.223 e. The fourth-order valence-corrected chi connectivity index (χ4v) is 3.73. The number of hydrogen-bond acceptors (Lipinski definition) is 3. The number of aromatic nitrogens is 2. The van der Waals surface area contributed by atoms with Crippen molar-refractivity contribution in [3.8, 4) is 5.75 Å². The SMILES string of the molecule is COc1ccc2c(c1)CN(C(=O)CCc1cnc[nH]1)C(c1ccccc1)C2. The third-order valence-corrected chi connectivity index (χ3v) is 5.21. The van der Waals surface area contributed by atoms with Gasteiger partial charge in [0.05, 0.1) is 19.5 Å². The van der Waals surface area contributed by atoms with Gasteiger partial charge in [-0.1, -0.05) is 36.4 Å². The van der Waals surface area contributed by atoms with E-state index >= 15 is 0 Å². The van der Waals surface area contributed by atoms with Crippen LogP contribution in [0.5, 0.6) is 5.75 Å². The molecule has 1 amide bonds. The molecule has 0 saturated heterocycles. The van der Waals surface area contributed by atoms with E-state index in [4.69, 9.17) is 4.74 Å². The normalized spacial score (nSPS) is 16.0. The van der Waals surface area contributed by atoms with Crippen molar-refractivity contribution in [2.24, 2.45) is 0 Å². The van der Waals surface area contributed by atoms with E-state index in [1.807, 2.05) is 35.2 Å². The molecule has 1 unspecified atom stereocenters. The number of rotatable bonds is 5. The van der Waals surface area contributed by atoms with Crippen LogP contribution in [0.15, 0.2) is 61.1 Å². The van der Waals surface area contributed by atoms with Crippen LogP contribution in [-0.2, 0) is 24.2 Å². The summed E-state index contributed by atoms with van der Waals surface area (Å²) in [5.74, 6) is 0.990. The van der Waals surface area contributed by atoms with Gasteiger partial charge in [0.25, 0.3) is 0 Å².